The van der Waals surface area contributed by atoms with Gasteiger partial charge < -0.3 is 5.32 Å². The third kappa shape index (κ3) is 1.55. The highest BCUT2D eigenvalue weighted by Crippen LogP contribution is 2.59. The van der Waals surface area contributed by atoms with Crippen molar-refractivity contribution in [2.75, 3.05) is 6.54 Å². The van der Waals surface area contributed by atoms with Crippen LogP contribution in [-0.2, 0) is 6.42 Å². The van der Waals surface area contributed by atoms with Crippen LogP contribution in [0.5, 0.6) is 0 Å². The number of hydrogen-bond donors (Lipinski definition) is 1. The van der Waals surface area contributed by atoms with Gasteiger partial charge >= 0.3 is 0 Å². The van der Waals surface area contributed by atoms with Crippen molar-refractivity contribution in [3.8, 4) is 0 Å². The molecule has 2 heteroatoms. The lowest BCUT2D eigenvalue weighted by molar-refractivity contribution is 0.308. The van der Waals surface area contributed by atoms with Gasteiger partial charge in [-0.05, 0) is 54.7 Å². The molecule has 2 aliphatic rings. The van der Waals surface area contributed by atoms with Crippen molar-refractivity contribution < 1.29 is 0 Å². The van der Waals surface area contributed by atoms with E-state index < -0.39 is 0 Å². The molecule has 1 saturated carbocycles. The summed E-state index contributed by atoms with van der Waals surface area (Å²) in [5, 5.41) is 6.03. The van der Waals surface area contributed by atoms with E-state index in [-0.39, 0.29) is 0 Å². The van der Waals surface area contributed by atoms with E-state index in [1.54, 1.807) is 10.4 Å². The van der Waals surface area contributed by atoms with Crippen LogP contribution in [0, 0.1) is 5.41 Å². The van der Waals surface area contributed by atoms with Crippen molar-refractivity contribution in [2.45, 2.75) is 45.1 Å². The van der Waals surface area contributed by atoms with Crippen LogP contribution < -0.4 is 5.32 Å². The van der Waals surface area contributed by atoms with Crippen LogP contribution in [-0.4, -0.2) is 6.54 Å². The first-order chi connectivity index (χ1) is 7.36. The van der Waals surface area contributed by atoms with Crippen molar-refractivity contribution in [1.82, 2.24) is 5.32 Å². The molecule has 1 aliphatic carbocycles. The first-order valence-electron chi connectivity index (χ1n) is 6.15. The number of nitrogens with one attached hydrogen (secondary N) is 1. The van der Waals surface area contributed by atoms with E-state index in [2.05, 4.69) is 23.7 Å². The average Bonchev–Trinajstić information content (AvgIpc) is 2.88. The van der Waals surface area contributed by atoms with Gasteiger partial charge in [0.05, 0.1) is 0 Å². The van der Waals surface area contributed by atoms with Gasteiger partial charge in [0.15, 0.2) is 0 Å². The molecule has 1 aliphatic heterocycles. The highest BCUT2D eigenvalue weighted by molar-refractivity contribution is 7.10. The molecule has 1 nitrogen and oxygen atoms in total. The Labute approximate surface area is 95.9 Å². The summed E-state index contributed by atoms with van der Waals surface area (Å²) in [7, 11) is 0. The van der Waals surface area contributed by atoms with Gasteiger partial charge in [-0.15, -0.1) is 11.3 Å². The Hall–Kier alpha value is -0.340. The molecule has 0 saturated heterocycles. The van der Waals surface area contributed by atoms with Gasteiger partial charge in [-0.2, -0.15) is 0 Å². The van der Waals surface area contributed by atoms with Crippen molar-refractivity contribution in [3.63, 3.8) is 0 Å². The maximum absolute atomic E-state index is 3.76. The lowest BCUT2D eigenvalue weighted by atomic mass is 9.86. The molecule has 2 heterocycles. The summed E-state index contributed by atoms with van der Waals surface area (Å²) >= 11 is 1.96. The molecule has 0 amide bonds. The average molecular weight is 221 g/mol. The smallest absolute Gasteiger partial charge is 0.0474 e. The Morgan fingerprint density at radius 1 is 1.53 bits per heavy atom. The number of rotatable bonds is 3. The largest absolute Gasteiger partial charge is 0.308 e. The molecule has 1 fully saturated rings. The maximum atomic E-state index is 3.76. The Morgan fingerprint density at radius 3 is 3.13 bits per heavy atom. The van der Waals surface area contributed by atoms with E-state index in [4.69, 9.17) is 0 Å². The van der Waals surface area contributed by atoms with Crippen molar-refractivity contribution >= 4 is 11.3 Å². The standard InChI is InChI=1S/C13H19NS/c1-2-5-13(6-7-13)12-11-10(3-8-14-12)4-9-15-11/h4,9,12,14H,2-3,5-8H2,1H3. The topological polar surface area (TPSA) is 12.0 Å². The second kappa shape index (κ2) is 3.60. The van der Waals surface area contributed by atoms with E-state index in [1.165, 1.54) is 38.6 Å². The second-order valence-electron chi connectivity index (χ2n) is 5.06. The molecule has 0 spiro atoms. The van der Waals surface area contributed by atoms with Crippen LogP contribution >= 0.6 is 11.3 Å². The molecule has 0 radical (unpaired) electrons. The van der Waals surface area contributed by atoms with Crippen molar-refractivity contribution in [1.29, 1.82) is 0 Å². The van der Waals surface area contributed by atoms with Gasteiger partial charge in [-0.1, -0.05) is 13.3 Å². The Balaban J connectivity index is 1.89. The summed E-state index contributed by atoms with van der Waals surface area (Å²) in [6, 6.07) is 3.01. The number of thiophene rings is 1. The molecule has 0 bridgehead atoms. The Bertz CT molecular complexity index is 351. The van der Waals surface area contributed by atoms with Crippen LogP contribution in [0.25, 0.3) is 0 Å². The molecule has 1 N–H and O–H groups in total. The van der Waals surface area contributed by atoms with E-state index in [1.807, 2.05) is 11.3 Å². The maximum Gasteiger partial charge on any atom is 0.0474 e. The summed E-state index contributed by atoms with van der Waals surface area (Å²) in [5.74, 6) is 0. The lowest BCUT2D eigenvalue weighted by Crippen LogP contribution is -2.34. The molecular weight excluding hydrogens is 202 g/mol. The number of fused-ring (bicyclic) bond motifs is 1. The van der Waals surface area contributed by atoms with E-state index in [0.717, 1.165) is 0 Å². The fourth-order valence-corrected chi connectivity index (χ4v) is 4.26. The van der Waals surface area contributed by atoms with Crippen LogP contribution in [0.3, 0.4) is 0 Å². The fraction of sp³-hybridized carbons (Fsp3) is 0.692. The first kappa shape index (κ1) is 9.86. The predicted octanol–water partition coefficient (Wildman–Crippen LogP) is 3.52. The quantitative estimate of drug-likeness (QED) is 0.823. The summed E-state index contributed by atoms with van der Waals surface area (Å²) < 4.78 is 0. The minimum atomic E-state index is 0.634. The Morgan fingerprint density at radius 2 is 2.40 bits per heavy atom. The van der Waals surface area contributed by atoms with Gasteiger partial charge in [0.2, 0.25) is 0 Å². The van der Waals surface area contributed by atoms with E-state index >= 15 is 0 Å². The normalized spacial score (nSPS) is 27.4. The van der Waals surface area contributed by atoms with Gasteiger partial charge in [0.1, 0.15) is 0 Å². The minimum absolute atomic E-state index is 0.634. The van der Waals surface area contributed by atoms with Crippen LogP contribution in [0.4, 0.5) is 0 Å². The third-order valence-electron chi connectivity index (χ3n) is 4.04. The molecule has 15 heavy (non-hydrogen) atoms. The lowest BCUT2D eigenvalue weighted by Gasteiger charge is -2.31. The summed E-state index contributed by atoms with van der Waals surface area (Å²) in [6.45, 7) is 3.50. The molecule has 0 aromatic carbocycles. The molecular formula is C13H19NS. The van der Waals surface area contributed by atoms with E-state index in [0.29, 0.717) is 11.5 Å². The molecule has 1 atom stereocenters. The predicted molar refractivity (Wildman–Crippen MR) is 65.3 cm³/mol. The third-order valence-corrected chi connectivity index (χ3v) is 5.06. The summed E-state index contributed by atoms with van der Waals surface area (Å²) in [6.07, 6.45) is 6.85. The summed E-state index contributed by atoms with van der Waals surface area (Å²) in [5.41, 5.74) is 2.25. The van der Waals surface area contributed by atoms with Crippen molar-refractivity contribution in [3.05, 3.63) is 21.9 Å². The zero-order valence-electron chi connectivity index (χ0n) is 9.38. The monoisotopic (exact) mass is 221 g/mol. The Kier molecular flexibility index (Phi) is 2.37. The highest BCUT2D eigenvalue weighted by Gasteiger charge is 2.50. The minimum Gasteiger partial charge on any atom is -0.308 e. The van der Waals surface area contributed by atoms with Gasteiger partial charge in [-0.25, -0.2) is 0 Å². The second-order valence-corrected chi connectivity index (χ2v) is 6.01. The molecule has 1 aromatic rings. The van der Waals surface area contributed by atoms with Crippen molar-refractivity contribution in [2.24, 2.45) is 5.41 Å². The molecule has 3 rings (SSSR count). The zero-order valence-corrected chi connectivity index (χ0v) is 10.2. The number of hydrogen-bond acceptors (Lipinski definition) is 2. The SMILES string of the molecule is CCCC1(C2NCCc3ccsc32)CC1. The first-order valence-corrected chi connectivity index (χ1v) is 7.03. The van der Waals surface area contributed by atoms with Gasteiger partial charge in [0.25, 0.3) is 0 Å². The van der Waals surface area contributed by atoms with Gasteiger partial charge in [0, 0.05) is 10.9 Å². The van der Waals surface area contributed by atoms with Gasteiger partial charge in [-0.3, -0.25) is 0 Å². The van der Waals surface area contributed by atoms with Crippen LogP contribution in [0.2, 0.25) is 0 Å². The fourth-order valence-electron chi connectivity index (χ4n) is 3.09. The van der Waals surface area contributed by atoms with Crippen LogP contribution in [0.15, 0.2) is 11.4 Å². The highest BCUT2D eigenvalue weighted by atomic mass is 32.1. The van der Waals surface area contributed by atoms with E-state index in [9.17, 15) is 0 Å². The summed E-state index contributed by atoms with van der Waals surface area (Å²) in [4.78, 5) is 1.65. The zero-order chi connectivity index (χ0) is 10.3. The molecule has 82 valence electrons. The molecule has 1 unspecified atom stereocenters. The van der Waals surface area contributed by atoms with Crippen LogP contribution in [0.1, 0.15) is 49.1 Å². The molecule has 1 aromatic heterocycles.